The van der Waals surface area contributed by atoms with E-state index < -0.39 is 17.4 Å². The standard InChI is InChI=1S/C11H14ClNO4/c1-3-6-11(2,10(15)16)13-9(14)7-4-5-8(12)17-7/h4-5H,3,6H2,1-2H3,(H,13,14)(H,15,16)/t11-/m1/s1. The fourth-order valence-electron chi connectivity index (χ4n) is 1.47. The smallest absolute Gasteiger partial charge is 0.329 e. The van der Waals surface area contributed by atoms with Crippen LogP contribution in [0.5, 0.6) is 0 Å². The highest BCUT2D eigenvalue weighted by atomic mass is 35.5. The van der Waals surface area contributed by atoms with E-state index in [1.165, 1.54) is 19.1 Å². The maximum absolute atomic E-state index is 11.7. The Hall–Kier alpha value is -1.49. The zero-order chi connectivity index (χ0) is 13.1. The Balaban J connectivity index is 2.81. The van der Waals surface area contributed by atoms with Gasteiger partial charge in [-0.2, -0.15) is 0 Å². The minimum atomic E-state index is -1.30. The molecule has 0 saturated carbocycles. The van der Waals surface area contributed by atoms with Gasteiger partial charge in [0.05, 0.1) is 0 Å². The summed E-state index contributed by atoms with van der Waals surface area (Å²) in [7, 11) is 0. The molecule has 5 nitrogen and oxygen atoms in total. The number of furan rings is 1. The highest BCUT2D eigenvalue weighted by molar-refractivity contribution is 6.29. The van der Waals surface area contributed by atoms with E-state index in [1.54, 1.807) is 0 Å². The van der Waals surface area contributed by atoms with Crippen LogP contribution in [-0.2, 0) is 4.79 Å². The number of hydrogen-bond acceptors (Lipinski definition) is 3. The third kappa shape index (κ3) is 3.23. The van der Waals surface area contributed by atoms with Crippen LogP contribution in [0.15, 0.2) is 16.5 Å². The fourth-order valence-corrected chi connectivity index (χ4v) is 1.62. The average molecular weight is 260 g/mol. The number of rotatable bonds is 5. The summed E-state index contributed by atoms with van der Waals surface area (Å²) < 4.78 is 4.91. The lowest BCUT2D eigenvalue weighted by Crippen LogP contribution is -2.52. The van der Waals surface area contributed by atoms with Crippen molar-refractivity contribution in [3.8, 4) is 0 Å². The molecule has 0 unspecified atom stereocenters. The number of halogens is 1. The molecular formula is C11H14ClNO4. The van der Waals surface area contributed by atoms with Crippen LogP contribution in [0.25, 0.3) is 0 Å². The maximum atomic E-state index is 11.7. The van der Waals surface area contributed by atoms with Crippen molar-refractivity contribution in [2.24, 2.45) is 0 Å². The Morgan fingerprint density at radius 2 is 2.18 bits per heavy atom. The van der Waals surface area contributed by atoms with Crippen LogP contribution in [0.2, 0.25) is 5.22 Å². The van der Waals surface area contributed by atoms with Crippen LogP contribution in [0.4, 0.5) is 0 Å². The van der Waals surface area contributed by atoms with Crippen molar-refractivity contribution in [1.29, 1.82) is 0 Å². The van der Waals surface area contributed by atoms with E-state index in [0.717, 1.165) is 0 Å². The Kier molecular flexibility index (Phi) is 4.17. The molecule has 0 aliphatic carbocycles. The topological polar surface area (TPSA) is 79.5 Å². The number of amides is 1. The molecule has 1 rings (SSSR count). The van der Waals surface area contributed by atoms with Gasteiger partial charge in [-0.05, 0) is 37.1 Å². The Labute approximate surface area is 104 Å². The van der Waals surface area contributed by atoms with Crippen molar-refractivity contribution in [1.82, 2.24) is 5.32 Å². The van der Waals surface area contributed by atoms with Crippen molar-refractivity contribution < 1.29 is 19.1 Å². The highest BCUT2D eigenvalue weighted by Crippen LogP contribution is 2.17. The normalized spacial score (nSPS) is 14.1. The van der Waals surface area contributed by atoms with E-state index in [2.05, 4.69) is 5.32 Å². The van der Waals surface area contributed by atoms with Crippen molar-refractivity contribution >= 4 is 23.5 Å². The Bertz CT molecular complexity index is 429. The third-order valence-corrected chi connectivity index (χ3v) is 2.61. The monoisotopic (exact) mass is 259 g/mol. The first kappa shape index (κ1) is 13.6. The second-order valence-electron chi connectivity index (χ2n) is 3.95. The van der Waals surface area contributed by atoms with E-state index in [4.69, 9.17) is 21.1 Å². The SMILES string of the molecule is CCC[C@@](C)(NC(=O)c1ccc(Cl)o1)C(=O)O. The minimum absolute atomic E-state index is 0.00132. The zero-order valence-corrected chi connectivity index (χ0v) is 10.4. The van der Waals surface area contributed by atoms with Gasteiger partial charge in [0.25, 0.3) is 5.91 Å². The van der Waals surface area contributed by atoms with Crippen molar-refractivity contribution in [2.45, 2.75) is 32.2 Å². The van der Waals surface area contributed by atoms with Gasteiger partial charge in [-0.15, -0.1) is 0 Å². The number of hydrogen-bond donors (Lipinski definition) is 2. The van der Waals surface area contributed by atoms with Gasteiger partial charge in [0, 0.05) is 0 Å². The molecule has 1 amide bonds. The van der Waals surface area contributed by atoms with Crippen LogP contribution >= 0.6 is 11.6 Å². The molecular weight excluding hydrogens is 246 g/mol. The molecule has 17 heavy (non-hydrogen) atoms. The molecule has 1 aromatic heterocycles. The highest BCUT2D eigenvalue weighted by Gasteiger charge is 2.34. The van der Waals surface area contributed by atoms with Gasteiger partial charge in [-0.25, -0.2) is 4.79 Å². The minimum Gasteiger partial charge on any atom is -0.480 e. The largest absolute Gasteiger partial charge is 0.480 e. The average Bonchev–Trinajstić information content (AvgIpc) is 2.65. The molecule has 0 spiro atoms. The Morgan fingerprint density at radius 3 is 2.59 bits per heavy atom. The van der Waals surface area contributed by atoms with Gasteiger partial charge in [0.2, 0.25) is 0 Å². The van der Waals surface area contributed by atoms with E-state index in [9.17, 15) is 9.59 Å². The van der Waals surface area contributed by atoms with E-state index >= 15 is 0 Å². The van der Waals surface area contributed by atoms with Crippen molar-refractivity contribution in [3.05, 3.63) is 23.1 Å². The molecule has 6 heteroatoms. The molecule has 0 aliphatic heterocycles. The summed E-state index contributed by atoms with van der Waals surface area (Å²) in [5, 5.41) is 11.6. The molecule has 1 aromatic rings. The molecule has 0 radical (unpaired) electrons. The molecule has 0 bridgehead atoms. The zero-order valence-electron chi connectivity index (χ0n) is 9.62. The number of carboxylic acids is 1. The van der Waals surface area contributed by atoms with E-state index in [0.29, 0.717) is 12.8 Å². The lowest BCUT2D eigenvalue weighted by Gasteiger charge is -2.25. The molecule has 0 fully saturated rings. The second kappa shape index (κ2) is 5.23. The number of carbonyl (C=O) groups excluding carboxylic acids is 1. The number of carboxylic acid groups (broad SMARTS) is 1. The number of carbonyl (C=O) groups is 2. The summed E-state index contributed by atoms with van der Waals surface area (Å²) in [6.07, 6.45) is 0.977. The number of aliphatic carboxylic acids is 1. The summed E-state index contributed by atoms with van der Waals surface area (Å²) in [4.78, 5) is 22.8. The first-order valence-electron chi connectivity index (χ1n) is 5.20. The summed E-state index contributed by atoms with van der Waals surface area (Å²) >= 11 is 5.54. The molecule has 0 saturated heterocycles. The molecule has 2 N–H and O–H groups in total. The molecule has 94 valence electrons. The van der Waals surface area contributed by atoms with E-state index in [-0.39, 0.29) is 11.0 Å². The lowest BCUT2D eigenvalue weighted by atomic mass is 9.96. The third-order valence-electron chi connectivity index (χ3n) is 2.41. The molecule has 0 aliphatic rings. The van der Waals surface area contributed by atoms with Crippen LogP contribution in [0, 0.1) is 0 Å². The van der Waals surface area contributed by atoms with Crippen LogP contribution in [0.3, 0.4) is 0 Å². The van der Waals surface area contributed by atoms with Gasteiger partial charge in [-0.3, -0.25) is 4.79 Å². The summed E-state index contributed by atoms with van der Waals surface area (Å²) in [5.41, 5.74) is -1.30. The molecule has 1 heterocycles. The summed E-state index contributed by atoms with van der Waals surface area (Å²) in [6.45, 7) is 3.30. The fraction of sp³-hybridized carbons (Fsp3) is 0.455. The van der Waals surface area contributed by atoms with Crippen LogP contribution < -0.4 is 5.32 Å². The maximum Gasteiger partial charge on any atom is 0.329 e. The van der Waals surface area contributed by atoms with Gasteiger partial charge in [0.1, 0.15) is 5.54 Å². The second-order valence-corrected chi connectivity index (χ2v) is 4.32. The van der Waals surface area contributed by atoms with Crippen LogP contribution in [-0.4, -0.2) is 22.5 Å². The summed E-state index contributed by atoms with van der Waals surface area (Å²) in [5.74, 6) is -1.67. The van der Waals surface area contributed by atoms with Gasteiger partial charge in [0.15, 0.2) is 11.0 Å². The quantitative estimate of drug-likeness (QED) is 0.850. The summed E-state index contributed by atoms with van der Waals surface area (Å²) in [6, 6.07) is 2.82. The van der Waals surface area contributed by atoms with Crippen LogP contribution in [0.1, 0.15) is 37.2 Å². The van der Waals surface area contributed by atoms with E-state index in [1.807, 2.05) is 6.92 Å². The predicted molar refractivity (Wildman–Crippen MR) is 62.1 cm³/mol. The van der Waals surface area contributed by atoms with Crippen molar-refractivity contribution in [3.63, 3.8) is 0 Å². The van der Waals surface area contributed by atoms with Gasteiger partial charge in [-0.1, -0.05) is 13.3 Å². The predicted octanol–water partition coefficient (Wildman–Crippen LogP) is 2.31. The molecule has 0 aromatic carbocycles. The van der Waals surface area contributed by atoms with Crippen molar-refractivity contribution in [2.75, 3.05) is 0 Å². The number of nitrogens with one attached hydrogen (secondary N) is 1. The first-order valence-corrected chi connectivity index (χ1v) is 5.58. The Morgan fingerprint density at radius 1 is 1.53 bits per heavy atom. The molecule has 1 atom stereocenters. The van der Waals surface area contributed by atoms with Gasteiger partial charge < -0.3 is 14.8 Å². The lowest BCUT2D eigenvalue weighted by molar-refractivity contribution is -0.144. The first-order chi connectivity index (χ1) is 7.89. The van der Waals surface area contributed by atoms with Gasteiger partial charge >= 0.3 is 5.97 Å².